The predicted octanol–water partition coefficient (Wildman–Crippen LogP) is 2.61. The van der Waals surface area contributed by atoms with Crippen LogP contribution >= 0.6 is 11.8 Å². The highest BCUT2D eigenvalue weighted by atomic mass is 32.2. The molecule has 0 saturated carbocycles. The van der Waals surface area contributed by atoms with Gasteiger partial charge in [0.15, 0.2) is 0 Å². The monoisotopic (exact) mass is 243 g/mol. The van der Waals surface area contributed by atoms with E-state index >= 15 is 0 Å². The van der Waals surface area contributed by atoms with Crippen molar-refractivity contribution in [2.75, 3.05) is 5.73 Å². The summed E-state index contributed by atoms with van der Waals surface area (Å²) in [5, 5.41) is 8.62. The number of hydrogen-bond donors (Lipinski definition) is 2. The first kappa shape index (κ1) is 12.8. The third-order valence-corrected chi connectivity index (χ3v) is 3.73. The minimum absolute atomic E-state index is 0.198. The van der Waals surface area contributed by atoms with Crippen LogP contribution in [0.4, 0.5) is 10.1 Å². The van der Waals surface area contributed by atoms with Crippen LogP contribution in [0.1, 0.15) is 13.8 Å². The summed E-state index contributed by atoms with van der Waals surface area (Å²) in [7, 11) is 0. The number of aliphatic carboxylic acids is 1. The standard InChI is InChI=1S/C11H14FNO2S/c1-6(11(14)15)7(2)16-10-4-3-8(13)5-9(10)12/h3-7H,13H2,1-2H3,(H,14,15). The van der Waals surface area contributed by atoms with E-state index in [0.29, 0.717) is 10.6 Å². The Bertz CT molecular complexity index is 398. The Morgan fingerprint density at radius 1 is 1.50 bits per heavy atom. The molecule has 3 nitrogen and oxygen atoms in total. The predicted molar refractivity (Wildman–Crippen MR) is 62.9 cm³/mol. The van der Waals surface area contributed by atoms with Crippen molar-refractivity contribution >= 4 is 23.4 Å². The summed E-state index contributed by atoms with van der Waals surface area (Å²) < 4.78 is 13.4. The van der Waals surface area contributed by atoms with E-state index in [1.165, 1.54) is 17.8 Å². The van der Waals surface area contributed by atoms with Crippen LogP contribution in [-0.2, 0) is 4.79 Å². The average Bonchev–Trinajstić information content (AvgIpc) is 2.20. The first-order valence-electron chi connectivity index (χ1n) is 4.86. The van der Waals surface area contributed by atoms with Crippen molar-refractivity contribution in [3.63, 3.8) is 0 Å². The molecule has 1 aromatic carbocycles. The van der Waals surface area contributed by atoms with Crippen molar-refractivity contribution < 1.29 is 14.3 Å². The molecule has 0 aliphatic carbocycles. The van der Waals surface area contributed by atoms with Crippen LogP contribution in [0.15, 0.2) is 23.1 Å². The number of benzene rings is 1. The maximum Gasteiger partial charge on any atom is 0.307 e. The van der Waals surface area contributed by atoms with Gasteiger partial charge in [0.05, 0.1) is 5.92 Å². The Labute approximate surface area is 97.8 Å². The lowest BCUT2D eigenvalue weighted by Gasteiger charge is -2.15. The highest BCUT2D eigenvalue weighted by Crippen LogP contribution is 2.30. The van der Waals surface area contributed by atoms with Crippen LogP contribution < -0.4 is 5.73 Å². The number of carbonyl (C=O) groups is 1. The summed E-state index contributed by atoms with van der Waals surface area (Å²) in [6.07, 6.45) is 0. The van der Waals surface area contributed by atoms with E-state index in [4.69, 9.17) is 10.8 Å². The van der Waals surface area contributed by atoms with Gasteiger partial charge in [0.25, 0.3) is 0 Å². The van der Waals surface area contributed by atoms with Gasteiger partial charge in [-0.3, -0.25) is 4.79 Å². The Morgan fingerprint density at radius 2 is 2.12 bits per heavy atom. The molecule has 0 spiro atoms. The molecule has 16 heavy (non-hydrogen) atoms. The SMILES string of the molecule is CC(Sc1ccc(N)cc1F)C(C)C(=O)O. The molecule has 2 unspecified atom stereocenters. The largest absolute Gasteiger partial charge is 0.481 e. The second kappa shape index (κ2) is 5.21. The van der Waals surface area contributed by atoms with Gasteiger partial charge in [0.1, 0.15) is 5.82 Å². The van der Waals surface area contributed by atoms with E-state index in [1.54, 1.807) is 26.0 Å². The Hall–Kier alpha value is -1.23. The smallest absolute Gasteiger partial charge is 0.307 e. The molecular formula is C11H14FNO2S. The van der Waals surface area contributed by atoms with Crippen molar-refractivity contribution in [1.29, 1.82) is 0 Å². The minimum Gasteiger partial charge on any atom is -0.481 e. The zero-order valence-corrected chi connectivity index (χ0v) is 9.92. The van der Waals surface area contributed by atoms with Crippen LogP contribution in [0.5, 0.6) is 0 Å². The quantitative estimate of drug-likeness (QED) is 0.630. The lowest BCUT2D eigenvalue weighted by atomic mass is 10.1. The highest BCUT2D eigenvalue weighted by Gasteiger charge is 2.21. The number of hydrogen-bond acceptors (Lipinski definition) is 3. The summed E-state index contributed by atoms with van der Waals surface area (Å²) in [6.45, 7) is 3.37. The summed E-state index contributed by atoms with van der Waals surface area (Å²) in [5.74, 6) is -1.81. The first-order valence-corrected chi connectivity index (χ1v) is 5.74. The number of nitrogen functional groups attached to an aromatic ring is 1. The Kier molecular flexibility index (Phi) is 4.18. The molecule has 5 heteroatoms. The number of rotatable bonds is 4. The maximum absolute atomic E-state index is 13.4. The molecule has 0 aliphatic heterocycles. The van der Waals surface area contributed by atoms with Gasteiger partial charge in [-0.1, -0.05) is 13.8 Å². The summed E-state index contributed by atoms with van der Waals surface area (Å²) in [6, 6.07) is 4.41. The third-order valence-electron chi connectivity index (χ3n) is 2.36. The van der Waals surface area contributed by atoms with Crippen LogP contribution in [0.2, 0.25) is 0 Å². The summed E-state index contributed by atoms with van der Waals surface area (Å²) in [4.78, 5) is 11.2. The fraction of sp³-hybridized carbons (Fsp3) is 0.364. The maximum atomic E-state index is 13.4. The second-order valence-electron chi connectivity index (χ2n) is 3.64. The average molecular weight is 243 g/mol. The van der Waals surface area contributed by atoms with E-state index in [-0.39, 0.29) is 5.25 Å². The molecule has 0 saturated heterocycles. The van der Waals surface area contributed by atoms with Crippen LogP contribution in [0, 0.1) is 11.7 Å². The number of halogens is 1. The van der Waals surface area contributed by atoms with E-state index in [9.17, 15) is 9.18 Å². The van der Waals surface area contributed by atoms with E-state index in [0.717, 1.165) is 0 Å². The molecule has 0 aromatic heterocycles. The van der Waals surface area contributed by atoms with Gasteiger partial charge >= 0.3 is 5.97 Å². The van der Waals surface area contributed by atoms with Gasteiger partial charge < -0.3 is 10.8 Å². The lowest BCUT2D eigenvalue weighted by Crippen LogP contribution is -2.20. The van der Waals surface area contributed by atoms with E-state index in [1.807, 2.05) is 0 Å². The lowest BCUT2D eigenvalue weighted by molar-refractivity contribution is -0.140. The zero-order valence-electron chi connectivity index (χ0n) is 9.11. The number of anilines is 1. The van der Waals surface area contributed by atoms with Gasteiger partial charge in [-0.25, -0.2) is 4.39 Å². The molecule has 1 rings (SSSR count). The minimum atomic E-state index is -0.879. The number of carboxylic acid groups (broad SMARTS) is 1. The summed E-state index contributed by atoms with van der Waals surface area (Å²) in [5.41, 5.74) is 5.78. The van der Waals surface area contributed by atoms with Crippen LogP contribution in [0.25, 0.3) is 0 Å². The van der Waals surface area contributed by atoms with Crippen molar-refractivity contribution in [2.45, 2.75) is 24.0 Å². The highest BCUT2D eigenvalue weighted by molar-refractivity contribution is 8.00. The topological polar surface area (TPSA) is 63.3 Å². The number of carboxylic acids is 1. The van der Waals surface area contributed by atoms with Crippen LogP contribution in [-0.4, -0.2) is 16.3 Å². The van der Waals surface area contributed by atoms with Crippen molar-refractivity contribution in [3.05, 3.63) is 24.0 Å². The normalized spacial score (nSPS) is 14.4. The Balaban J connectivity index is 2.77. The Morgan fingerprint density at radius 3 is 2.62 bits per heavy atom. The molecule has 88 valence electrons. The molecule has 0 radical (unpaired) electrons. The van der Waals surface area contributed by atoms with Gasteiger partial charge in [0, 0.05) is 15.8 Å². The van der Waals surface area contributed by atoms with Gasteiger partial charge in [-0.2, -0.15) is 0 Å². The molecule has 0 aliphatic rings. The molecule has 0 bridgehead atoms. The van der Waals surface area contributed by atoms with Gasteiger partial charge in [0.2, 0.25) is 0 Å². The number of thioether (sulfide) groups is 1. The molecule has 2 atom stereocenters. The zero-order chi connectivity index (χ0) is 12.3. The number of nitrogens with two attached hydrogens (primary N) is 1. The van der Waals surface area contributed by atoms with Crippen molar-refractivity contribution in [2.24, 2.45) is 5.92 Å². The van der Waals surface area contributed by atoms with E-state index in [2.05, 4.69) is 0 Å². The molecule has 0 heterocycles. The third kappa shape index (κ3) is 3.13. The second-order valence-corrected chi connectivity index (χ2v) is 5.06. The van der Waals surface area contributed by atoms with Crippen molar-refractivity contribution in [1.82, 2.24) is 0 Å². The molecule has 0 fully saturated rings. The van der Waals surface area contributed by atoms with Crippen LogP contribution in [0.3, 0.4) is 0 Å². The summed E-state index contributed by atoms with van der Waals surface area (Å²) >= 11 is 1.20. The molecule has 3 N–H and O–H groups in total. The van der Waals surface area contributed by atoms with Gasteiger partial charge in [-0.15, -0.1) is 11.8 Å². The van der Waals surface area contributed by atoms with E-state index < -0.39 is 17.7 Å². The molecular weight excluding hydrogens is 229 g/mol. The fourth-order valence-electron chi connectivity index (χ4n) is 1.12. The van der Waals surface area contributed by atoms with Gasteiger partial charge in [-0.05, 0) is 18.2 Å². The fourth-order valence-corrected chi connectivity index (χ4v) is 2.15. The molecule has 0 amide bonds. The first-order chi connectivity index (χ1) is 7.41. The molecule has 1 aromatic rings. The van der Waals surface area contributed by atoms with Crippen molar-refractivity contribution in [3.8, 4) is 0 Å².